The number of aliphatic hydroxyl groups is 1. The molecule has 0 aliphatic rings. The van der Waals surface area contributed by atoms with Crippen molar-refractivity contribution in [3.8, 4) is 0 Å². The molecule has 0 amide bonds. The Balaban J connectivity index is 0. The lowest BCUT2D eigenvalue weighted by atomic mass is 10.2. The minimum atomic E-state index is 0. The van der Waals surface area contributed by atoms with Crippen molar-refractivity contribution in [3.05, 3.63) is 35.9 Å². The molecule has 3 nitrogen and oxygen atoms in total. The summed E-state index contributed by atoms with van der Waals surface area (Å²) in [6.07, 6.45) is 0. The largest absolute Gasteiger partial charge is 0.400 e. The van der Waals surface area contributed by atoms with Gasteiger partial charge in [0.2, 0.25) is 0 Å². The highest BCUT2D eigenvalue weighted by Gasteiger charge is 1.85. The molecule has 1 aromatic rings. The summed E-state index contributed by atoms with van der Waals surface area (Å²) >= 11 is 0. The van der Waals surface area contributed by atoms with E-state index in [1.165, 1.54) is 0 Å². The number of halogens is 1. The second kappa shape index (κ2) is 10.4. The highest BCUT2D eigenvalue weighted by atomic mass is 35.5. The van der Waals surface area contributed by atoms with Gasteiger partial charge in [-0.1, -0.05) is 30.3 Å². The van der Waals surface area contributed by atoms with E-state index < -0.39 is 0 Å². The molecule has 0 aromatic heterocycles. The normalized spacial score (nSPS) is 7.58. The maximum absolute atomic E-state index is 7.00. The highest BCUT2D eigenvalue weighted by Crippen LogP contribution is 1.97. The van der Waals surface area contributed by atoms with E-state index in [4.69, 9.17) is 11.0 Å². The smallest absolute Gasteiger partial charge is 0.0930 e. The first-order valence-electron chi connectivity index (χ1n) is 3.24. The molecule has 0 spiro atoms. The lowest BCUT2D eigenvalue weighted by Gasteiger charge is -1.94. The van der Waals surface area contributed by atoms with Crippen LogP contribution in [0.3, 0.4) is 0 Å². The first-order chi connectivity index (χ1) is 5.43. The van der Waals surface area contributed by atoms with E-state index in [1.54, 1.807) is 0 Å². The fraction of sp³-hybridized carbons (Fsp3) is 0.250. The second-order valence-electron chi connectivity index (χ2n) is 1.80. The van der Waals surface area contributed by atoms with Gasteiger partial charge in [0, 0.05) is 7.11 Å². The van der Waals surface area contributed by atoms with Crippen LogP contribution in [-0.2, 0) is 11.4 Å². The standard InChI is InChI=1S/C7H9NO.CH4O.ClH/c8-9-6-7-4-2-1-3-5-7;1-2;/h1-5H,6,8H2;2H,1H3;1H. The van der Waals surface area contributed by atoms with Gasteiger partial charge in [-0.05, 0) is 5.56 Å². The monoisotopic (exact) mass is 191 g/mol. The Bertz CT molecular complexity index is 170. The molecule has 0 radical (unpaired) electrons. The minimum absolute atomic E-state index is 0. The van der Waals surface area contributed by atoms with Gasteiger partial charge in [-0.25, -0.2) is 5.90 Å². The zero-order chi connectivity index (χ0) is 8.53. The van der Waals surface area contributed by atoms with Crippen LogP contribution in [0.2, 0.25) is 0 Å². The number of benzene rings is 1. The van der Waals surface area contributed by atoms with E-state index >= 15 is 0 Å². The third-order valence-corrected chi connectivity index (χ3v) is 1.09. The van der Waals surface area contributed by atoms with Crippen molar-refractivity contribution < 1.29 is 9.94 Å². The zero-order valence-electron chi connectivity index (χ0n) is 6.93. The molecule has 1 aromatic carbocycles. The Hall–Kier alpha value is -0.610. The summed E-state index contributed by atoms with van der Waals surface area (Å²) in [5.74, 6) is 4.86. The van der Waals surface area contributed by atoms with Crippen LogP contribution < -0.4 is 5.90 Å². The van der Waals surface area contributed by atoms with Crippen molar-refractivity contribution in [1.29, 1.82) is 0 Å². The van der Waals surface area contributed by atoms with Gasteiger partial charge in [-0.15, -0.1) is 12.4 Å². The van der Waals surface area contributed by atoms with E-state index in [0.717, 1.165) is 12.7 Å². The van der Waals surface area contributed by atoms with Crippen molar-refractivity contribution in [2.45, 2.75) is 6.61 Å². The Morgan fingerprint density at radius 1 is 1.25 bits per heavy atom. The lowest BCUT2D eigenvalue weighted by molar-refractivity contribution is 0.124. The van der Waals surface area contributed by atoms with Crippen LogP contribution in [0.15, 0.2) is 30.3 Å². The first kappa shape index (κ1) is 13.9. The number of rotatable bonds is 2. The van der Waals surface area contributed by atoms with Crippen LogP contribution in [0, 0.1) is 0 Å². The lowest BCUT2D eigenvalue weighted by Crippen LogP contribution is -1.97. The second-order valence-corrected chi connectivity index (χ2v) is 1.80. The molecule has 0 atom stereocenters. The molecule has 12 heavy (non-hydrogen) atoms. The van der Waals surface area contributed by atoms with E-state index in [2.05, 4.69) is 4.84 Å². The number of aliphatic hydroxyl groups excluding tert-OH is 1. The molecule has 3 N–H and O–H groups in total. The maximum atomic E-state index is 7.00. The van der Waals surface area contributed by atoms with Gasteiger partial charge in [0.15, 0.2) is 0 Å². The maximum Gasteiger partial charge on any atom is 0.0930 e. The summed E-state index contributed by atoms with van der Waals surface area (Å²) < 4.78 is 0. The molecule has 0 saturated carbocycles. The molecular formula is C8H14ClNO2. The molecule has 0 bridgehead atoms. The van der Waals surface area contributed by atoms with Crippen molar-refractivity contribution in [2.75, 3.05) is 7.11 Å². The van der Waals surface area contributed by atoms with Crippen molar-refractivity contribution in [1.82, 2.24) is 0 Å². The van der Waals surface area contributed by atoms with E-state index in [0.29, 0.717) is 6.61 Å². The Morgan fingerprint density at radius 3 is 2.17 bits per heavy atom. The van der Waals surface area contributed by atoms with Gasteiger partial charge < -0.3 is 5.11 Å². The van der Waals surface area contributed by atoms with E-state index in [9.17, 15) is 0 Å². The molecule has 0 aliphatic carbocycles. The molecule has 1 rings (SSSR count). The molecule has 0 unspecified atom stereocenters. The highest BCUT2D eigenvalue weighted by molar-refractivity contribution is 5.85. The third kappa shape index (κ3) is 6.12. The Labute approximate surface area is 78.5 Å². The summed E-state index contributed by atoms with van der Waals surface area (Å²) in [6, 6.07) is 9.79. The molecule has 0 aliphatic heterocycles. The third-order valence-electron chi connectivity index (χ3n) is 1.09. The molecule has 70 valence electrons. The average Bonchev–Trinajstić information content (AvgIpc) is 2.11. The predicted molar refractivity (Wildman–Crippen MR) is 50.8 cm³/mol. The van der Waals surface area contributed by atoms with E-state index in [-0.39, 0.29) is 12.4 Å². The topological polar surface area (TPSA) is 55.5 Å². The van der Waals surface area contributed by atoms with Gasteiger partial charge in [0.25, 0.3) is 0 Å². The van der Waals surface area contributed by atoms with E-state index in [1.807, 2.05) is 30.3 Å². The summed E-state index contributed by atoms with van der Waals surface area (Å²) in [5.41, 5.74) is 1.10. The fourth-order valence-electron chi connectivity index (χ4n) is 0.670. The van der Waals surface area contributed by atoms with Crippen molar-refractivity contribution in [2.24, 2.45) is 5.90 Å². The SMILES string of the molecule is CO.Cl.NOCc1ccccc1. The molecular weight excluding hydrogens is 178 g/mol. The van der Waals surface area contributed by atoms with Crippen LogP contribution in [0.5, 0.6) is 0 Å². The quantitative estimate of drug-likeness (QED) is 0.689. The molecule has 0 saturated heterocycles. The molecule has 0 heterocycles. The van der Waals surface area contributed by atoms with Crippen LogP contribution in [0.4, 0.5) is 0 Å². The number of hydrogen-bond donors (Lipinski definition) is 2. The van der Waals surface area contributed by atoms with Crippen LogP contribution in [-0.4, -0.2) is 12.2 Å². The van der Waals surface area contributed by atoms with Crippen molar-refractivity contribution >= 4 is 12.4 Å². The molecule has 4 heteroatoms. The summed E-state index contributed by atoms with van der Waals surface area (Å²) in [4.78, 5) is 4.43. The van der Waals surface area contributed by atoms with Gasteiger partial charge in [-0.3, -0.25) is 4.84 Å². The van der Waals surface area contributed by atoms with Gasteiger partial charge >= 0.3 is 0 Å². The van der Waals surface area contributed by atoms with Gasteiger partial charge in [-0.2, -0.15) is 0 Å². The summed E-state index contributed by atoms with van der Waals surface area (Å²) in [7, 11) is 1.00. The Morgan fingerprint density at radius 2 is 1.75 bits per heavy atom. The predicted octanol–water partition coefficient (Wildman–Crippen LogP) is 1.11. The van der Waals surface area contributed by atoms with Gasteiger partial charge in [0.05, 0.1) is 6.61 Å². The minimum Gasteiger partial charge on any atom is -0.400 e. The number of hydrogen-bond acceptors (Lipinski definition) is 3. The average molecular weight is 192 g/mol. The van der Waals surface area contributed by atoms with Gasteiger partial charge in [0.1, 0.15) is 0 Å². The molecule has 0 fully saturated rings. The van der Waals surface area contributed by atoms with Crippen LogP contribution in [0.1, 0.15) is 5.56 Å². The number of nitrogens with two attached hydrogens (primary N) is 1. The summed E-state index contributed by atoms with van der Waals surface area (Å²) in [6.45, 7) is 0.487. The fourth-order valence-corrected chi connectivity index (χ4v) is 0.670. The Kier molecular flexibility index (Phi) is 12.1. The summed E-state index contributed by atoms with van der Waals surface area (Å²) in [5, 5.41) is 7.00. The van der Waals surface area contributed by atoms with Crippen LogP contribution >= 0.6 is 12.4 Å². The zero-order valence-corrected chi connectivity index (χ0v) is 7.75. The van der Waals surface area contributed by atoms with Crippen molar-refractivity contribution in [3.63, 3.8) is 0 Å². The van der Waals surface area contributed by atoms with Crippen LogP contribution in [0.25, 0.3) is 0 Å². The first-order valence-corrected chi connectivity index (χ1v) is 3.24.